The summed E-state index contributed by atoms with van der Waals surface area (Å²) in [7, 11) is 0. The van der Waals surface area contributed by atoms with Gasteiger partial charge in [0.05, 0.1) is 5.75 Å². The Balaban J connectivity index is 1.92. The largest absolute Gasteiger partial charge is 0.337 e. The number of thioether (sulfide) groups is 1. The zero-order valence-electron chi connectivity index (χ0n) is 12.4. The summed E-state index contributed by atoms with van der Waals surface area (Å²) in [4.78, 5) is 14.4. The average molecular weight is 297 g/mol. The minimum absolute atomic E-state index is 0.195. The summed E-state index contributed by atoms with van der Waals surface area (Å²) in [5.41, 5.74) is 0. The van der Waals surface area contributed by atoms with Gasteiger partial charge in [-0.2, -0.15) is 0 Å². The van der Waals surface area contributed by atoms with Crippen molar-refractivity contribution in [3.05, 3.63) is 0 Å². The van der Waals surface area contributed by atoms with Gasteiger partial charge in [-0.1, -0.05) is 18.7 Å². The molecular formula is C13H23N5OS. The van der Waals surface area contributed by atoms with Crippen molar-refractivity contribution in [3.63, 3.8) is 0 Å². The third-order valence-electron chi connectivity index (χ3n) is 3.74. The quantitative estimate of drug-likeness (QED) is 0.777. The second-order valence-electron chi connectivity index (χ2n) is 5.40. The van der Waals surface area contributed by atoms with Crippen molar-refractivity contribution < 1.29 is 4.79 Å². The van der Waals surface area contributed by atoms with Crippen molar-refractivity contribution in [3.8, 4) is 0 Å². The van der Waals surface area contributed by atoms with Crippen LogP contribution in [-0.2, 0) is 11.3 Å². The number of rotatable bonds is 5. The fourth-order valence-electron chi connectivity index (χ4n) is 2.77. The van der Waals surface area contributed by atoms with Crippen LogP contribution >= 0.6 is 11.8 Å². The number of aromatic nitrogens is 4. The van der Waals surface area contributed by atoms with Gasteiger partial charge in [-0.15, -0.1) is 5.10 Å². The van der Waals surface area contributed by atoms with Crippen LogP contribution in [0.1, 0.15) is 46.5 Å². The van der Waals surface area contributed by atoms with Gasteiger partial charge in [0.2, 0.25) is 11.1 Å². The lowest BCUT2D eigenvalue weighted by molar-refractivity contribution is -0.134. The van der Waals surface area contributed by atoms with E-state index in [1.54, 1.807) is 4.68 Å². The van der Waals surface area contributed by atoms with E-state index in [1.807, 2.05) is 4.90 Å². The van der Waals surface area contributed by atoms with Crippen LogP contribution in [0, 0.1) is 0 Å². The molecule has 0 N–H and O–H groups in total. The van der Waals surface area contributed by atoms with Gasteiger partial charge < -0.3 is 4.90 Å². The van der Waals surface area contributed by atoms with E-state index < -0.39 is 0 Å². The van der Waals surface area contributed by atoms with E-state index in [-0.39, 0.29) is 5.91 Å². The normalized spacial score (nSPS) is 23.1. The van der Waals surface area contributed by atoms with Crippen LogP contribution < -0.4 is 0 Å². The van der Waals surface area contributed by atoms with E-state index in [1.165, 1.54) is 18.2 Å². The predicted octanol–water partition coefficient (Wildman–Crippen LogP) is 1.96. The van der Waals surface area contributed by atoms with E-state index in [0.29, 0.717) is 17.8 Å². The molecule has 1 amide bonds. The third kappa shape index (κ3) is 3.50. The summed E-state index contributed by atoms with van der Waals surface area (Å²) in [6.45, 7) is 7.15. The van der Waals surface area contributed by atoms with Crippen LogP contribution in [0.15, 0.2) is 5.16 Å². The smallest absolute Gasteiger partial charge is 0.233 e. The van der Waals surface area contributed by atoms with E-state index in [4.69, 9.17) is 0 Å². The molecule has 0 saturated carbocycles. The van der Waals surface area contributed by atoms with Gasteiger partial charge in [0.15, 0.2) is 0 Å². The van der Waals surface area contributed by atoms with Crippen molar-refractivity contribution in [2.45, 2.75) is 70.2 Å². The first-order valence-corrected chi connectivity index (χ1v) is 8.32. The van der Waals surface area contributed by atoms with Crippen molar-refractivity contribution in [2.24, 2.45) is 0 Å². The van der Waals surface area contributed by atoms with Crippen LogP contribution in [0.25, 0.3) is 0 Å². The molecule has 1 aromatic rings. The standard InChI is InChI=1S/C13H23N5OS/c1-4-8-17-13(14-15-16-17)20-9-12(19)18-10(2)6-5-7-11(18)3/h10-11H,4-9H2,1-3H3/t10-,11-/m1/s1. The molecule has 0 radical (unpaired) electrons. The number of likely N-dealkylation sites (tertiary alicyclic amines) is 1. The van der Waals surface area contributed by atoms with Gasteiger partial charge in [-0.3, -0.25) is 4.79 Å². The molecular weight excluding hydrogens is 274 g/mol. The van der Waals surface area contributed by atoms with E-state index >= 15 is 0 Å². The molecule has 0 spiro atoms. The van der Waals surface area contributed by atoms with Crippen molar-refractivity contribution in [1.82, 2.24) is 25.1 Å². The summed E-state index contributed by atoms with van der Waals surface area (Å²) in [5, 5.41) is 12.3. The Labute approximate surface area is 124 Å². The fourth-order valence-corrected chi connectivity index (χ4v) is 3.54. The summed E-state index contributed by atoms with van der Waals surface area (Å²) in [6, 6.07) is 0.692. The van der Waals surface area contributed by atoms with Crippen molar-refractivity contribution >= 4 is 17.7 Å². The molecule has 1 fully saturated rings. The van der Waals surface area contributed by atoms with Gasteiger partial charge in [0.25, 0.3) is 0 Å². The number of hydrogen-bond donors (Lipinski definition) is 0. The summed E-state index contributed by atoms with van der Waals surface area (Å²) in [6.07, 6.45) is 4.41. The summed E-state index contributed by atoms with van der Waals surface area (Å²) in [5.74, 6) is 0.611. The zero-order chi connectivity index (χ0) is 14.5. The second kappa shape index (κ2) is 7.06. The number of amides is 1. The summed E-state index contributed by atoms with van der Waals surface area (Å²) < 4.78 is 1.76. The Morgan fingerprint density at radius 2 is 2.05 bits per heavy atom. The molecule has 0 aromatic carbocycles. The van der Waals surface area contributed by atoms with Crippen molar-refractivity contribution in [2.75, 3.05) is 5.75 Å². The van der Waals surface area contributed by atoms with Crippen LogP contribution in [0.3, 0.4) is 0 Å². The minimum atomic E-state index is 0.195. The van der Waals surface area contributed by atoms with Gasteiger partial charge >= 0.3 is 0 Å². The molecule has 112 valence electrons. The Kier molecular flexibility index (Phi) is 5.39. The first-order valence-electron chi connectivity index (χ1n) is 7.33. The maximum atomic E-state index is 12.4. The maximum Gasteiger partial charge on any atom is 0.233 e. The van der Waals surface area contributed by atoms with Gasteiger partial charge in [-0.25, -0.2) is 4.68 Å². The second-order valence-corrected chi connectivity index (χ2v) is 6.35. The van der Waals surface area contributed by atoms with Gasteiger partial charge in [0.1, 0.15) is 0 Å². The monoisotopic (exact) mass is 297 g/mol. The molecule has 0 unspecified atom stereocenters. The zero-order valence-corrected chi connectivity index (χ0v) is 13.3. The van der Waals surface area contributed by atoms with Crippen LogP contribution in [-0.4, -0.2) is 48.9 Å². The molecule has 2 rings (SSSR count). The topological polar surface area (TPSA) is 63.9 Å². The highest BCUT2D eigenvalue weighted by Gasteiger charge is 2.28. The van der Waals surface area contributed by atoms with Gasteiger partial charge in [0, 0.05) is 18.6 Å². The summed E-state index contributed by atoms with van der Waals surface area (Å²) >= 11 is 1.44. The Hall–Kier alpha value is -1.11. The highest BCUT2D eigenvalue weighted by Crippen LogP contribution is 2.24. The molecule has 2 heterocycles. The minimum Gasteiger partial charge on any atom is -0.337 e. The number of tetrazole rings is 1. The van der Waals surface area contributed by atoms with Crippen LogP contribution in [0.5, 0.6) is 0 Å². The van der Waals surface area contributed by atoms with Gasteiger partial charge in [-0.05, 0) is 50.0 Å². The molecule has 1 saturated heterocycles. The predicted molar refractivity (Wildman–Crippen MR) is 78.5 cm³/mol. The molecule has 1 aliphatic heterocycles. The van der Waals surface area contributed by atoms with E-state index in [2.05, 4.69) is 36.3 Å². The van der Waals surface area contributed by atoms with Crippen molar-refractivity contribution in [1.29, 1.82) is 0 Å². The molecule has 6 nitrogen and oxygen atoms in total. The lowest BCUT2D eigenvalue weighted by atomic mass is 9.98. The Morgan fingerprint density at radius 3 is 2.70 bits per heavy atom. The SMILES string of the molecule is CCCn1nnnc1SCC(=O)N1[C@H](C)CCC[C@H]1C. The number of hydrogen-bond acceptors (Lipinski definition) is 5. The number of aryl methyl sites for hydroxylation is 1. The molecule has 0 bridgehead atoms. The third-order valence-corrected chi connectivity index (χ3v) is 4.68. The van der Waals surface area contributed by atoms with E-state index in [0.717, 1.165) is 31.0 Å². The highest BCUT2D eigenvalue weighted by atomic mass is 32.2. The molecule has 0 aliphatic carbocycles. The molecule has 20 heavy (non-hydrogen) atoms. The highest BCUT2D eigenvalue weighted by molar-refractivity contribution is 7.99. The molecule has 7 heteroatoms. The Bertz CT molecular complexity index is 440. The first-order chi connectivity index (χ1) is 9.63. The first kappa shape index (κ1) is 15.3. The number of nitrogens with zero attached hydrogens (tertiary/aromatic N) is 5. The number of piperidine rings is 1. The lowest BCUT2D eigenvalue weighted by Gasteiger charge is -2.39. The van der Waals surface area contributed by atoms with E-state index in [9.17, 15) is 4.79 Å². The Morgan fingerprint density at radius 1 is 1.35 bits per heavy atom. The maximum absolute atomic E-state index is 12.4. The van der Waals surface area contributed by atoms with Crippen LogP contribution in [0.4, 0.5) is 0 Å². The number of carbonyl (C=O) groups excluding carboxylic acids is 1. The number of carbonyl (C=O) groups is 1. The molecule has 1 aromatic heterocycles. The van der Waals surface area contributed by atoms with Crippen LogP contribution in [0.2, 0.25) is 0 Å². The molecule has 2 atom stereocenters. The lowest BCUT2D eigenvalue weighted by Crippen LogP contribution is -2.48. The molecule has 1 aliphatic rings. The average Bonchev–Trinajstić information content (AvgIpc) is 2.84. The fraction of sp³-hybridized carbons (Fsp3) is 0.846.